The van der Waals surface area contributed by atoms with Gasteiger partial charge in [0.1, 0.15) is 0 Å². The van der Waals surface area contributed by atoms with E-state index < -0.39 is 35.7 Å². The van der Waals surface area contributed by atoms with Gasteiger partial charge < -0.3 is 15.3 Å². The third-order valence-electron chi connectivity index (χ3n) is 9.20. The molecule has 2 aromatic rings. The highest BCUT2D eigenvalue weighted by Gasteiger charge is 2.40. The number of benzene rings is 2. The number of halogens is 3. The van der Waals surface area contributed by atoms with Crippen LogP contribution in [0.25, 0.3) is 0 Å². The number of carboxylic acid groups (broad SMARTS) is 1. The number of aliphatic carboxylic acids is 1. The Morgan fingerprint density at radius 2 is 1.33 bits per heavy atom. The van der Waals surface area contributed by atoms with Crippen molar-refractivity contribution >= 4 is 23.5 Å². The van der Waals surface area contributed by atoms with Crippen LogP contribution in [0.15, 0.2) is 48.5 Å². The SMILES string of the molecule is CCCCCCCCCCCCC(=O)Nc1ccc(C(CC)N(C(=O)C(=O)O)C(c2ccc(C(F)(F)F)cc2)C2CCCC2)cc1. The van der Waals surface area contributed by atoms with Crippen molar-refractivity contribution in [2.75, 3.05) is 5.32 Å². The fraction of sp³-hybridized carbons (Fsp3) is 0.595. The van der Waals surface area contributed by atoms with Gasteiger partial charge in [-0.2, -0.15) is 13.2 Å². The molecule has 1 fully saturated rings. The van der Waals surface area contributed by atoms with Gasteiger partial charge in [-0.15, -0.1) is 0 Å². The minimum Gasteiger partial charge on any atom is -0.474 e. The van der Waals surface area contributed by atoms with Gasteiger partial charge in [-0.05, 0) is 67.0 Å². The zero-order chi connectivity index (χ0) is 33.5. The number of rotatable bonds is 18. The number of nitrogens with zero attached hydrogens (tertiary/aromatic N) is 1. The van der Waals surface area contributed by atoms with E-state index in [1.807, 2.05) is 6.92 Å². The van der Waals surface area contributed by atoms with Crippen LogP contribution in [-0.2, 0) is 20.6 Å². The van der Waals surface area contributed by atoms with E-state index in [4.69, 9.17) is 0 Å². The molecule has 0 bridgehead atoms. The molecule has 254 valence electrons. The minimum absolute atomic E-state index is 0.0642. The Morgan fingerprint density at radius 1 is 0.804 bits per heavy atom. The predicted octanol–water partition coefficient (Wildman–Crippen LogP) is 10.3. The van der Waals surface area contributed by atoms with Gasteiger partial charge in [0.15, 0.2) is 0 Å². The number of carboxylic acids is 1. The van der Waals surface area contributed by atoms with Gasteiger partial charge in [0.25, 0.3) is 0 Å². The predicted molar refractivity (Wildman–Crippen MR) is 175 cm³/mol. The summed E-state index contributed by atoms with van der Waals surface area (Å²) < 4.78 is 40.0. The van der Waals surface area contributed by atoms with Gasteiger partial charge in [-0.1, -0.05) is 109 Å². The number of alkyl halides is 3. The highest BCUT2D eigenvalue weighted by atomic mass is 19.4. The molecular formula is C37H51F3N2O4. The van der Waals surface area contributed by atoms with Crippen molar-refractivity contribution in [3.63, 3.8) is 0 Å². The molecule has 46 heavy (non-hydrogen) atoms. The number of carbonyl (C=O) groups excluding carboxylic acids is 2. The van der Waals surface area contributed by atoms with Gasteiger partial charge in [-0.25, -0.2) is 4.79 Å². The molecule has 1 aliphatic carbocycles. The number of carbonyl (C=O) groups is 3. The number of unbranched alkanes of at least 4 members (excludes halogenated alkanes) is 9. The Morgan fingerprint density at radius 3 is 1.83 bits per heavy atom. The summed E-state index contributed by atoms with van der Waals surface area (Å²) in [6, 6.07) is 10.5. The monoisotopic (exact) mass is 644 g/mol. The number of amides is 2. The van der Waals surface area contributed by atoms with Crippen molar-refractivity contribution in [3.8, 4) is 0 Å². The van der Waals surface area contributed by atoms with E-state index in [2.05, 4.69) is 12.2 Å². The van der Waals surface area contributed by atoms with Crippen LogP contribution >= 0.6 is 0 Å². The van der Waals surface area contributed by atoms with Crippen LogP contribution in [0.1, 0.15) is 145 Å². The Kier molecular flexibility index (Phi) is 15.1. The van der Waals surface area contributed by atoms with Crippen LogP contribution in [0, 0.1) is 5.92 Å². The maximum atomic E-state index is 13.4. The average molecular weight is 645 g/mol. The van der Waals surface area contributed by atoms with Crippen LogP contribution in [0.5, 0.6) is 0 Å². The molecule has 1 saturated carbocycles. The summed E-state index contributed by atoms with van der Waals surface area (Å²) in [5.74, 6) is -2.84. The Hall–Kier alpha value is -3.36. The van der Waals surface area contributed by atoms with E-state index in [0.717, 1.165) is 57.1 Å². The van der Waals surface area contributed by atoms with Crippen LogP contribution in [0.3, 0.4) is 0 Å². The lowest BCUT2D eigenvalue weighted by molar-refractivity contribution is -0.160. The first-order valence-corrected chi connectivity index (χ1v) is 17.2. The molecule has 1 aliphatic rings. The van der Waals surface area contributed by atoms with Crippen molar-refractivity contribution in [2.24, 2.45) is 5.92 Å². The van der Waals surface area contributed by atoms with E-state index in [-0.39, 0.29) is 11.8 Å². The maximum absolute atomic E-state index is 13.4. The molecule has 0 radical (unpaired) electrons. The number of hydrogen-bond acceptors (Lipinski definition) is 3. The second-order valence-corrected chi connectivity index (χ2v) is 12.7. The molecule has 2 N–H and O–H groups in total. The van der Waals surface area contributed by atoms with Crippen molar-refractivity contribution in [1.82, 2.24) is 4.90 Å². The molecule has 2 unspecified atom stereocenters. The topological polar surface area (TPSA) is 86.7 Å². The average Bonchev–Trinajstić information content (AvgIpc) is 3.56. The number of anilines is 1. The normalized spacial score (nSPS) is 15.0. The quantitative estimate of drug-likeness (QED) is 0.125. The lowest BCUT2D eigenvalue weighted by atomic mass is 9.87. The fourth-order valence-electron chi connectivity index (χ4n) is 6.75. The largest absolute Gasteiger partial charge is 0.474 e. The summed E-state index contributed by atoms with van der Waals surface area (Å²) in [5.41, 5.74) is 1.00. The summed E-state index contributed by atoms with van der Waals surface area (Å²) >= 11 is 0. The van der Waals surface area contributed by atoms with E-state index >= 15 is 0 Å². The molecule has 2 amide bonds. The lowest BCUT2D eigenvalue weighted by Gasteiger charge is -2.40. The summed E-state index contributed by atoms with van der Waals surface area (Å²) in [6.07, 6.45) is 11.5. The Bertz CT molecular complexity index is 1220. The lowest BCUT2D eigenvalue weighted by Crippen LogP contribution is -2.44. The standard InChI is InChI=1S/C37H51F3N2O4/c1-3-5-6-7-8-9-10-11-12-13-18-33(43)41-31-25-21-27(22-26-31)32(4-2)42(35(44)36(45)46)34(28-16-14-15-17-28)29-19-23-30(24-20-29)37(38,39)40/h19-26,28,32,34H,3-18H2,1-2H3,(H,41,43)(H,45,46). The van der Waals surface area contributed by atoms with Gasteiger partial charge >= 0.3 is 18.1 Å². The molecule has 6 nitrogen and oxygen atoms in total. The van der Waals surface area contributed by atoms with Crippen LogP contribution in [0.2, 0.25) is 0 Å². The molecule has 0 aliphatic heterocycles. The number of hydrogen-bond donors (Lipinski definition) is 2. The van der Waals surface area contributed by atoms with Crippen molar-refractivity contribution in [1.29, 1.82) is 0 Å². The molecule has 3 rings (SSSR count). The van der Waals surface area contributed by atoms with Crippen LogP contribution in [-0.4, -0.2) is 27.8 Å². The highest BCUT2D eigenvalue weighted by Crippen LogP contribution is 2.44. The first-order valence-electron chi connectivity index (χ1n) is 17.2. The zero-order valence-electron chi connectivity index (χ0n) is 27.4. The third kappa shape index (κ3) is 11.2. The van der Waals surface area contributed by atoms with Crippen LogP contribution in [0.4, 0.5) is 18.9 Å². The summed E-state index contributed by atoms with van der Waals surface area (Å²) in [5, 5.41) is 12.8. The smallest absolute Gasteiger partial charge is 0.416 e. The van der Waals surface area contributed by atoms with Crippen molar-refractivity contribution < 1.29 is 32.7 Å². The minimum atomic E-state index is -4.51. The summed E-state index contributed by atoms with van der Waals surface area (Å²) in [7, 11) is 0. The highest BCUT2D eigenvalue weighted by molar-refractivity contribution is 6.31. The molecule has 9 heteroatoms. The van der Waals surface area contributed by atoms with E-state index in [1.165, 1.54) is 62.0 Å². The van der Waals surface area contributed by atoms with Gasteiger partial charge in [0.05, 0.1) is 17.6 Å². The first kappa shape index (κ1) is 37.1. The molecular weight excluding hydrogens is 593 g/mol. The van der Waals surface area contributed by atoms with Gasteiger partial charge in [0, 0.05) is 12.1 Å². The molecule has 0 aromatic heterocycles. The fourth-order valence-corrected chi connectivity index (χ4v) is 6.75. The molecule has 0 saturated heterocycles. The maximum Gasteiger partial charge on any atom is 0.416 e. The van der Waals surface area contributed by atoms with Crippen LogP contribution < -0.4 is 5.32 Å². The number of nitrogens with one attached hydrogen (secondary N) is 1. The molecule has 0 spiro atoms. The third-order valence-corrected chi connectivity index (χ3v) is 9.20. The van der Waals surface area contributed by atoms with E-state index in [0.29, 0.717) is 29.7 Å². The Labute approximate surface area is 272 Å². The van der Waals surface area contributed by atoms with Crippen molar-refractivity contribution in [3.05, 3.63) is 65.2 Å². The summed E-state index contributed by atoms with van der Waals surface area (Å²) in [4.78, 5) is 39.4. The van der Waals surface area contributed by atoms with E-state index in [1.54, 1.807) is 24.3 Å². The van der Waals surface area contributed by atoms with Gasteiger partial charge in [0.2, 0.25) is 5.91 Å². The van der Waals surface area contributed by atoms with E-state index in [9.17, 15) is 32.7 Å². The first-order chi connectivity index (χ1) is 22.1. The zero-order valence-corrected chi connectivity index (χ0v) is 27.4. The second kappa shape index (κ2) is 18.7. The summed E-state index contributed by atoms with van der Waals surface area (Å²) in [6.45, 7) is 4.07. The second-order valence-electron chi connectivity index (χ2n) is 12.7. The Balaban J connectivity index is 1.69. The molecule has 2 atom stereocenters. The van der Waals surface area contributed by atoms with Gasteiger partial charge in [-0.3, -0.25) is 9.59 Å². The molecule has 2 aromatic carbocycles. The van der Waals surface area contributed by atoms with Crippen molar-refractivity contribution in [2.45, 2.75) is 135 Å². The molecule has 0 heterocycles.